The molecule has 0 unspecified atom stereocenters. The van der Waals surface area contributed by atoms with E-state index in [9.17, 15) is 35.9 Å². The molecular formula is C19H14F6N6O3S. The first-order valence-electron chi connectivity index (χ1n) is 9.32. The van der Waals surface area contributed by atoms with Gasteiger partial charge in [-0.2, -0.15) is 50.0 Å². The smallest absolute Gasteiger partial charge is 0.437 e. The molecule has 0 saturated heterocycles. The molecule has 16 heteroatoms. The zero-order chi connectivity index (χ0) is 25.0. The van der Waals surface area contributed by atoms with E-state index in [0.717, 1.165) is 46.0 Å². The summed E-state index contributed by atoms with van der Waals surface area (Å²) in [6.45, 7) is 1.36. The summed E-state index contributed by atoms with van der Waals surface area (Å²) in [7, 11) is 0. The van der Waals surface area contributed by atoms with Crippen molar-refractivity contribution in [2.24, 2.45) is 0 Å². The Labute approximate surface area is 197 Å². The number of aromatic amines is 1. The predicted molar refractivity (Wildman–Crippen MR) is 113 cm³/mol. The lowest BCUT2D eigenvalue weighted by Gasteiger charge is -2.15. The fourth-order valence-electron chi connectivity index (χ4n) is 3.26. The van der Waals surface area contributed by atoms with Gasteiger partial charge >= 0.3 is 18.3 Å². The van der Waals surface area contributed by atoms with E-state index in [2.05, 4.69) is 20.2 Å². The van der Waals surface area contributed by atoms with E-state index >= 15 is 0 Å². The van der Waals surface area contributed by atoms with Crippen LogP contribution in [-0.4, -0.2) is 40.6 Å². The lowest BCUT2D eigenvalue weighted by Crippen LogP contribution is -2.19. The maximum absolute atomic E-state index is 13.7. The maximum atomic E-state index is 13.7. The van der Waals surface area contributed by atoms with Crippen molar-refractivity contribution in [1.29, 1.82) is 0 Å². The molecular weight excluding hydrogens is 506 g/mol. The minimum atomic E-state index is -5.03. The Kier molecular flexibility index (Phi) is 6.45. The quantitative estimate of drug-likeness (QED) is 0.396. The highest BCUT2D eigenvalue weighted by atomic mass is 32.1. The lowest BCUT2D eigenvalue weighted by atomic mass is 10.1. The SMILES string of the molecule is C[C@@H](c1ccc(C(F)(F)F)cc1)n1nc(C(F)(F)F)c2nc(-n3cc(C(=O)O)cn3)[nH]c(=O)c21.S. The van der Waals surface area contributed by atoms with Crippen LogP contribution in [0.25, 0.3) is 17.0 Å². The number of benzene rings is 1. The lowest BCUT2D eigenvalue weighted by molar-refractivity contribution is -0.140. The van der Waals surface area contributed by atoms with Crippen LogP contribution < -0.4 is 5.56 Å². The van der Waals surface area contributed by atoms with Crippen LogP contribution in [0.5, 0.6) is 0 Å². The number of nitrogens with one attached hydrogen (secondary N) is 1. The number of alkyl halides is 6. The summed E-state index contributed by atoms with van der Waals surface area (Å²) in [4.78, 5) is 29.8. The van der Waals surface area contributed by atoms with Crippen molar-refractivity contribution in [3.63, 3.8) is 0 Å². The number of carboxylic acid groups (broad SMARTS) is 1. The molecule has 2 N–H and O–H groups in total. The van der Waals surface area contributed by atoms with Crippen LogP contribution >= 0.6 is 13.5 Å². The van der Waals surface area contributed by atoms with Crippen molar-refractivity contribution >= 4 is 30.5 Å². The van der Waals surface area contributed by atoms with Gasteiger partial charge in [0.15, 0.2) is 11.2 Å². The van der Waals surface area contributed by atoms with Gasteiger partial charge in [-0.15, -0.1) is 0 Å². The molecule has 4 aromatic rings. The van der Waals surface area contributed by atoms with Crippen LogP contribution in [0.15, 0.2) is 41.5 Å². The molecule has 0 fully saturated rings. The van der Waals surface area contributed by atoms with Crippen LogP contribution in [-0.2, 0) is 12.4 Å². The van der Waals surface area contributed by atoms with Crippen molar-refractivity contribution in [2.75, 3.05) is 0 Å². The van der Waals surface area contributed by atoms with E-state index in [1.54, 1.807) is 0 Å². The average Bonchev–Trinajstić information content (AvgIpc) is 3.38. The molecule has 0 aliphatic heterocycles. The van der Waals surface area contributed by atoms with Crippen LogP contribution in [0, 0.1) is 0 Å². The molecule has 0 aliphatic carbocycles. The normalized spacial score (nSPS) is 13.0. The van der Waals surface area contributed by atoms with Crippen LogP contribution in [0.4, 0.5) is 26.3 Å². The topological polar surface area (TPSA) is 119 Å². The van der Waals surface area contributed by atoms with E-state index in [4.69, 9.17) is 5.11 Å². The predicted octanol–water partition coefficient (Wildman–Crippen LogP) is 3.76. The molecule has 4 rings (SSSR count). The zero-order valence-electron chi connectivity index (χ0n) is 17.3. The number of hydrogen-bond donors (Lipinski definition) is 2. The van der Waals surface area contributed by atoms with Gasteiger partial charge in [0.2, 0.25) is 5.95 Å². The fourth-order valence-corrected chi connectivity index (χ4v) is 3.26. The highest BCUT2D eigenvalue weighted by Gasteiger charge is 2.39. The molecule has 0 saturated carbocycles. The summed E-state index contributed by atoms with van der Waals surface area (Å²) < 4.78 is 81.1. The minimum absolute atomic E-state index is 0. The first kappa shape index (κ1) is 25.8. The van der Waals surface area contributed by atoms with Crippen molar-refractivity contribution in [2.45, 2.75) is 25.3 Å². The second-order valence-corrected chi connectivity index (χ2v) is 7.15. The summed E-state index contributed by atoms with van der Waals surface area (Å²) in [5.41, 5.74) is -5.05. The first-order chi connectivity index (χ1) is 15.8. The molecule has 35 heavy (non-hydrogen) atoms. The van der Waals surface area contributed by atoms with E-state index in [1.807, 2.05) is 0 Å². The zero-order valence-corrected chi connectivity index (χ0v) is 18.3. The van der Waals surface area contributed by atoms with Gasteiger partial charge in [-0.1, -0.05) is 12.1 Å². The second-order valence-electron chi connectivity index (χ2n) is 7.15. The Bertz CT molecular complexity index is 1460. The molecule has 0 radical (unpaired) electrons. The largest absolute Gasteiger partial charge is 0.478 e. The number of fused-ring (bicyclic) bond motifs is 1. The third kappa shape index (κ3) is 4.73. The molecule has 0 amide bonds. The van der Waals surface area contributed by atoms with Crippen LogP contribution in [0.3, 0.4) is 0 Å². The highest BCUT2D eigenvalue weighted by Crippen LogP contribution is 2.35. The van der Waals surface area contributed by atoms with Gasteiger partial charge in [0.1, 0.15) is 5.52 Å². The molecule has 0 bridgehead atoms. The molecule has 186 valence electrons. The van der Waals surface area contributed by atoms with Crippen LogP contribution in [0.2, 0.25) is 0 Å². The third-order valence-corrected chi connectivity index (χ3v) is 4.95. The third-order valence-electron chi connectivity index (χ3n) is 4.95. The molecule has 0 aliphatic rings. The minimum Gasteiger partial charge on any atom is -0.478 e. The number of aromatic nitrogens is 6. The van der Waals surface area contributed by atoms with Gasteiger partial charge in [0.05, 0.1) is 23.4 Å². The number of hydrogen-bond acceptors (Lipinski definition) is 5. The van der Waals surface area contributed by atoms with E-state index in [-0.39, 0.29) is 24.6 Å². The Morgan fingerprint density at radius 1 is 1.09 bits per heavy atom. The van der Waals surface area contributed by atoms with Crippen molar-refractivity contribution in [1.82, 2.24) is 29.5 Å². The first-order valence-corrected chi connectivity index (χ1v) is 9.32. The number of nitrogens with zero attached hydrogens (tertiary/aromatic N) is 5. The van der Waals surface area contributed by atoms with Gasteiger partial charge in [0.25, 0.3) is 5.56 Å². The summed E-state index contributed by atoms with van der Waals surface area (Å²) in [5, 5.41) is 16.2. The van der Waals surface area contributed by atoms with Crippen molar-refractivity contribution in [3.05, 3.63) is 69.4 Å². The Balaban J connectivity index is 0.00000342. The van der Waals surface area contributed by atoms with Gasteiger partial charge in [-0.25, -0.2) is 19.1 Å². The molecule has 0 spiro atoms. The van der Waals surface area contributed by atoms with Crippen molar-refractivity contribution in [3.8, 4) is 5.95 Å². The maximum Gasteiger partial charge on any atom is 0.437 e. The molecule has 3 aromatic heterocycles. The molecule has 3 heterocycles. The number of aromatic carboxylic acids is 1. The second kappa shape index (κ2) is 8.75. The van der Waals surface area contributed by atoms with E-state index < -0.39 is 58.2 Å². The van der Waals surface area contributed by atoms with E-state index in [0.29, 0.717) is 0 Å². The number of H-pyrrole nitrogens is 1. The Hall–Kier alpha value is -3.82. The van der Waals surface area contributed by atoms with Gasteiger partial charge < -0.3 is 5.11 Å². The highest BCUT2D eigenvalue weighted by molar-refractivity contribution is 7.59. The Morgan fingerprint density at radius 2 is 1.71 bits per heavy atom. The van der Waals surface area contributed by atoms with Gasteiger partial charge in [0, 0.05) is 6.20 Å². The molecule has 9 nitrogen and oxygen atoms in total. The molecule has 1 atom stereocenters. The summed E-state index contributed by atoms with van der Waals surface area (Å²) >= 11 is 0. The number of carbonyl (C=O) groups is 1. The van der Waals surface area contributed by atoms with E-state index in [1.165, 1.54) is 6.92 Å². The summed E-state index contributed by atoms with van der Waals surface area (Å²) in [5.74, 6) is -1.85. The Morgan fingerprint density at radius 3 is 2.23 bits per heavy atom. The number of rotatable bonds is 4. The van der Waals surface area contributed by atoms with Crippen LogP contribution in [0.1, 0.15) is 40.1 Å². The molecule has 1 aromatic carbocycles. The summed E-state index contributed by atoms with van der Waals surface area (Å²) in [6, 6.07) is 2.60. The standard InChI is InChI=1S/C19H12F6N6O3.H2S/c1-8(9-2-4-11(5-3-9)18(20,21)22)31-13-12(14(29-31)19(23,24)25)27-17(28-15(13)32)30-7-10(6-26-30)16(33)34;/h2-8H,1H3,(H,33,34)(H,27,28,32);1H2/t8-;/m0./s1. The van der Waals surface area contributed by atoms with Crippen molar-refractivity contribution < 1.29 is 36.2 Å². The number of halogens is 6. The fraction of sp³-hybridized carbons (Fsp3) is 0.211. The average molecular weight is 520 g/mol. The number of carboxylic acids is 1. The monoisotopic (exact) mass is 520 g/mol. The van der Waals surface area contributed by atoms with Gasteiger partial charge in [-0.3, -0.25) is 9.78 Å². The van der Waals surface area contributed by atoms with Gasteiger partial charge in [-0.05, 0) is 24.6 Å². The summed E-state index contributed by atoms with van der Waals surface area (Å²) in [6.07, 6.45) is -7.78.